The first-order chi connectivity index (χ1) is 13.5. The number of hydrogen-bond acceptors (Lipinski definition) is 4. The maximum absolute atomic E-state index is 12.4. The monoisotopic (exact) mass is 393 g/mol. The van der Waals surface area contributed by atoms with Crippen LogP contribution in [0.25, 0.3) is 0 Å². The molecular weight excluding hydrogens is 364 g/mol. The number of hydrogen-bond donors (Lipinski definition) is 0. The second-order valence-corrected chi connectivity index (χ2v) is 6.89. The third-order valence-electron chi connectivity index (χ3n) is 4.44. The topological polar surface area (TPSA) is 30.9 Å². The van der Waals surface area contributed by atoms with E-state index in [1.165, 1.54) is 6.07 Å². The van der Waals surface area contributed by atoms with Gasteiger partial charge in [-0.3, -0.25) is 0 Å². The van der Waals surface area contributed by atoms with Crippen molar-refractivity contribution in [3.63, 3.8) is 0 Å². The Morgan fingerprint density at radius 1 is 1.00 bits per heavy atom. The molecule has 0 aliphatic rings. The summed E-state index contributed by atoms with van der Waals surface area (Å²) in [6, 6.07) is 14.7. The van der Waals surface area contributed by atoms with Gasteiger partial charge in [0.05, 0.1) is 6.10 Å². The van der Waals surface area contributed by atoms with E-state index in [1.807, 2.05) is 44.4 Å². The SMILES string of the molecule is CO[C@H](CCN(C)C)COc1ccccc1CCc1cccc(OC(F)F)c1. The van der Waals surface area contributed by atoms with Crippen molar-refractivity contribution in [1.82, 2.24) is 4.90 Å². The fourth-order valence-electron chi connectivity index (χ4n) is 2.86. The molecule has 2 rings (SSSR count). The van der Waals surface area contributed by atoms with Gasteiger partial charge in [0, 0.05) is 13.7 Å². The third kappa shape index (κ3) is 7.82. The zero-order valence-corrected chi connectivity index (χ0v) is 16.7. The fraction of sp³-hybridized carbons (Fsp3) is 0.455. The van der Waals surface area contributed by atoms with E-state index in [1.54, 1.807) is 19.2 Å². The fourth-order valence-corrected chi connectivity index (χ4v) is 2.86. The predicted octanol–water partition coefficient (Wildman–Crippen LogP) is 4.42. The summed E-state index contributed by atoms with van der Waals surface area (Å²) in [5, 5.41) is 0. The Morgan fingerprint density at radius 3 is 2.50 bits per heavy atom. The van der Waals surface area contributed by atoms with Crippen LogP contribution in [0, 0.1) is 0 Å². The van der Waals surface area contributed by atoms with Crippen LogP contribution in [0.4, 0.5) is 8.78 Å². The zero-order valence-electron chi connectivity index (χ0n) is 16.7. The van der Waals surface area contributed by atoms with Crippen LogP contribution in [0.3, 0.4) is 0 Å². The molecule has 0 spiro atoms. The summed E-state index contributed by atoms with van der Waals surface area (Å²) in [5.41, 5.74) is 2.01. The summed E-state index contributed by atoms with van der Waals surface area (Å²) in [5.74, 6) is 1.01. The number of aryl methyl sites for hydroxylation is 2. The minimum absolute atomic E-state index is 0.0265. The summed E-state index contributed by atoms with van der Waals surface area (Å²) in [6.07, 6.45) is 2.36. The molecule has 0 N–H and O–H groups in total. The summed E-state index contributed by atoms with van der Waals surface area (Å²) in [4.78, 5) is 2.12. The van der Waals surface area contributed by atoms with Crippen LogP contribution in [0.5, 0.6) is 11.5 Å². The Morgan fingerprint density at radius 2 is 1.79 bits per heavy atom. The van der Waals surface area contributed by atoms with Crippen LogP contribution in [0.15, 0.2) is 48.5 Å². The number of rotatable bonds is 12. The number of ether oxygens (including phenoxy) is 3. The lowest BCUT2D eigenvalue weighted by molar-refractivity contribution is -0.0498. The van der Waals surface area contributed by atoms with Gasteiger partial charge in [0.2, 0.25) is 0 Å². The molecule has 0 fully saturated rings. The first-order valence-electron chi connectivity index (χ1n) is 9.40. The zero-order chi connectivity index (χ0) is 20.4. The molecule has 0 aliphatic heterocycles. The van der Waals surface area contributed by atoms with E-state index < -0.39 is 6.61 Å². The van der Waals surface area contributed by atoms with E-state index in [-0.39, 0.29) is 11.9 Å². The van der Waals surface area contributed by atoms with Crippen molar-refractivity contribution in [3.8, 4) is 11.5 Å². The van der Waals surface area contributed by atoms with E-state index >= 15 is 0 Å². The Labute approximate surface area is 166 Å². The van der Waals surface area contributed by atoms with E-state index in [2.05, 4.69) is 9.64 Å². The van der Waals surface area contributed by atoms with Gasteiger partial charge in [-0.15, -0.1) is 0 Å². The molecule has 0 saturated carbocycles. The Balaban J connectivity index is 1.94. The van der Waals surface area contributed by atoms with Gasteiger partial charge in [0.25, 0.3) is 0 Å². The molecule has 0 unspecified atom stereocenters. The van der Waals surface area contributed by atoms with Gasteiger partial charge < -0.3 is 19.1 Å². The number of nitrogens with zero attached hydrogens (tertiary/aromatic N) is 1. The lowest BCUT2D eigenvalue weighted by Gasteiger charge is -2.19. The molecule has 4 nitrogen and oxygen atoms in total. The summed E-state index contributed by atoms with van der Waals surface area (Å²) < 4.78 is 40.8. The van der Waals surface area contributed by atoms with Crippen LogP contribution < -0.4 is 9.47 Å². The van der Waals surface area contributed by atoms with Crippen LogP contribution in [-0.4, -0.2) is 52.0 Å². The summed E-state index contributed by atoms with van der Waals surface area (Å²) >= 11 is 0. The smallest absolute Gasteiger partial charge is 0.387 e. The van der Waals surface area contributed by atoms with E-state index in [0.717, 1.165) is 36.3 Å². The molecule has 0 bridgehead atoms. The quantitative estimate of drug-likeness (QED) is 0.534. The molecule has 0 heterocycles. The molecule has 2 aromatic carbocycles. The van der Waals surface area contributed by atoms with Crippen molar-refractivity contribution >= 4 is 0 Å². The molecule has 0 aromatic heterocycles. The molecule has 1 atom stereocenters. The molecule has 28 heavy (non-hydrogen) atoms. The number of para-hydroxylation sites is 1. The van der Waals surface area contributed by atoms with Crippen molar-refractivity contribution in [2.75, 3.05) is 34.4 Å². The Hall–Kier alpha value is -2.18. The van der Waals surface area contributed by atoms with Crippen LogP contribution in [0.2, 0.25) is 0 Å². The third-order valence-corrected chi connectivity index (χ3v) is 4.44. The maximum atomic E-state index is 12.4. The summed E-state index contributed by atoms with van der Waals surface area (Å²) in [7, 11) is 5.76. The number of halogens is 2. The largest absolute Gasteiger partial charge is 0.491 e. The molecule has 0 amide bonds. The average Bonchev–Trinajstić information content (AvgIpc) is 2.67. The van der Waals surface area contributed by atoms with Crippen molar-refractivity contribution in [1.29, 1.82) is 0 Å². The molecular formula is C22H29F2NO3. The van der Waals surface area contributed by atoms with Gasteiger partial charge >= 0.3 is 6.61 Å². The maximum Gasteiger partial charge on any atom is 0.387 e. The van der Waals surface area contributed by atoms with Gasteiger partial charge in [0.15, 0.2) is 0 Å². The van der Waals surface area contributed by atoms with Crippen molar-refractivity contribution in [3.05, 3.63) is 59.7 Å². The highest BCUT2D eigenvalue weighted by atomic mass is 19.3. The number of benzene rings is 2. The standard InChI is InChI=1S/C22H29F2NO3/c1-25(2)14-13-20(26-3)16-27-21-10-5-4-8-18(21)12-11-17-7-6-9-19(15-17)28-22(23)24/h4-10,15,20,22H,11-14,16H2,1-3H3/t20-/m1/s1. The molecule has 0 aliphatic carbocycles. The Kier molecular flexibility index (Phi) is 9.17. The average molecular weight is 393 g/mol. The summed E-state index contributed by atoms with van der Waals surface area (Å²) in [6.45, 7) is -1.40. The minimum Gasteiger partial charge on any atom is -0.491 e. The lowest BCUT2D eigenvalue weighted by atomic mass is 10.0. The van der Waals surface area contributed by atoms with Crippen molar-refractivity contribution in [2.24, 2.45) is 0 Å². The minimum atomic E-state index is -2.81. The van der Waals surface area contributed by atoms with E-state index in [4.69, 9.17) is 9.47 Å². The highest BCUT2D eigenvalue weighted by molar-refractivity contribution is 5.35. The van der Waals surface area contributed by atoms with Crippen molar-refractivity contribution < 1.29 is 23.0 Å². The van der Waals surface area contributed by atoms with Crippen molar-refractivity contribution in [2.45, 2.75) is 32.0 Å². The van der Waals surface area contributed by atoms with E-state index in [9.17, 15) is 8.78 Å². The second kappa shape index (κ2) is 11.6. The van der Waals surface area contributed by atoms with Crippen LogP contribution in [0.1, 0.15) is 17.5 Å². The van der Waals surface area contributed by atoms with Crippen LogP contribution in [-0.2, 0) is 17.6 Å². The predicted molar refractivity (Wildman–Crippen MR) is 106 cm³/mol. The van der Waals surface area contributed by atoms with Gasteiger partial charge in [-0.25, -0.2) is 0 Å². The normalized spacial score (nSPS) is 12.4. The number of methoxy groups -OCH3 is 1. The molecule has 0 radical (unpaired) electrons. The lowest BCUT2D eigenvalue weighted by Crippen LogP contribution is -2.26. The van der Waals surface area contributed by atoms with Crippen LogP contribution >= 0.6 is 0 Å². The highest BCUT2D eigenvalue weighted by Crippen LogP contribution is 2.22. The van der Waals surface area contributed by atoms with Gasteiger partial charge in [-0.2, -0.15) is 8.78 Å². The molecule has 0 saturated heterocycles. The first-order valence-corrected chi connectivity index (χ1v) is 9.40. The second-order valence-electron chi connectivity index (χ2n) is 6.89. The van der Waals surface area contributed by atoms with Gasteiger partial charge in [-0.1, -0.05) is 30.3 Å². The molecule has 6 heteroatoms. The van der Waals surface area contributed by atoms with Gasteiger partial charge in [0.1, 0.15) is 18.1 Å². The highest BCUT2D eigenvalue weighted by Gasteiger charge is 2.11. The van der Waals surface area contributed by atoms with Gasteiger partial charge in [-0.05, 0) is 62.7 Å². The number of alkyl halides is 2. The molecule has 154 valence electrons. The first kappa shape index (κ1) is 22.1. The van der Waals surface area contributed by atoms with E-state index in [0.29, 0.717) is 13.0 Å². The molecule has 2 aromatic rings. The Bertz CT molecular complexity index is 710.